The Hall–Kier alpha value is -2.21. The lowest BCUT2D eigenvalue weighted by molar-refractivity contribution is 0.273. The molecule has 0 aliphatic carbocycles. The van der Waals surface area contributed by atoms with Gasteiger partial charge in [-0.25, -0.2) is 0 Å². The summed E-state index contributed by atoms with van der Waals surface area (Å²) in [4.78, 5) is 10.3. The van der Waals surface area contributed by atoms with Crippen LogP contribution in [-0.4, -0.2) is 55.2 Å². The minimum Gasteiger partial charge on any atom is -0.496 e. The van der Waals surface area contributed by atoms with Crippen LogP contribution in [0.1, 0.15) is 25.3 Å². The van der Waals surface area contributed by atoms with Gasteiger partial charge in [0.25, 0.3) is 0 Å². The first-order valence-corrected chi connectivity index (χ1v) is 9.13. The van der Waals surface area contributed by atoms with Crippen molar-refractivity contribution in [1.29, 1.82) is 0 Å². The molecule has 3 rings (SSSR count). The Morgan fingerprint density at radius 2 is 2.36 bits per heavy atom. The third-order valence-corrected chi connectivity index (χ3v) is 5.05. The average Bonchev–Trinajstić information content (AvgIpc) is 3.26. The highest BCUT2D eigenvalue weighted by Crippen LogP contribution is 2.28. The van der Waals surface area contributed by atoms with E-state index in [9.17, 15) is 0 Å². The molecule has 136 valence electrons. The molecular formula is C19H29N5O. The summed E-state index contributed by atoms with van der Waals surface area (Å²) < 4.78 is 5.48. The lowest BCUT2D eigenvalue weighted by atomic mass is 10.1. The molecule has 1 aliphatic rings. The van der Waals surface area contributed by atoms with Gasteiger partial charge in [-0.3, -0.25) is 9.89 Å². The summed E-state index contributed by atoms with van der Waals surface area (Å²) in [7, 11) is 1.71. The summed E-state index contributed by atoms with van der Waals surface area (Å²) in [5.74, 6) is 1.44. The maximum Gasteiger partial charge on any atom is 0.188 e. The SMILES string of the molecule is CCN1CCCC1CN=C(N)NCCc1c[nH]c2cccc(OC)c12. The van der Waals surface area contributed by atoms with Crippen LogP contribution in [0.3, 0.4) is 0 Å². The van der Waals surface area contributed by atoms with Crippen LogP contribution in [0.4, 0.5) is 0 Å². The van der Waals surface area contributed by atoms with Gasteiger partial charge in [-0.1, -0.05) is 13.0 Å². The predicted molar refractivity (Wildman–Crippen MR) is 103 cm³/mol. The van der Waals surface area contributed by atoms with E-state index in [1.807, 2.05) is 18.3 Å². The van der Waals surface area contributed by atoms with Crippen LogP contribution >= 0.6 is 0 Å². The largest absolute Gasteiger partial charge is 0.496 e. The number of fused-ring (bicyclic) bond motifs is 1. The van der Waals surface area contributed by atoms with Crippen LogP contribution in [0.5, 0.6) is 5.75 Å². The van der Waals surface area contributed by atoms with Crippen LogP contribution in [0.2, 0.25) is 0 Å². The van der Waals surface area contributed by atoms with E-state index in [0.717, 1.165) is 42.7 Å². The Morgan fingerprint density at radius 3 is 3.16 bits per heavy atom. The third kappa shape index (κ3) is 4.07. The molecule has 1 aromatic heterocycles. The quantitative estimate of drug-likeness (QED) is 0.531. The molecule has 25 heavy (non-hydrogen) atoms. The number of benzene rings is 1. The molecule has 1 aliphatic heterocycles. The number of nitrogens with two attached hydrogens (primary N) is 1. The molecule has 1 atom stereocenters. The van der Waals surface area contributed by atoms with Gasteiger partial charge < -0.3 is 20.8 Å². The van der Waals surface area contributed by atoms with Crippen LogP contribution in [-0.2, 0) is 6.42 Å². The van der Waals surface area contributed by atoms with Crippen molar-refractivity contribution in [2.45, 2.75) is 32.2 Å². The number of rotatable bonds is 7. The average molecular weight is 343 g/mol. The topological polar surface area (TPSA) is 78.7 Å². The number of nitrogens with one attached hydrogen (secondary N) is 2. The molecule has 0 radical (unpaired) electrons. The first-order valence-electron chi connectivity index (χ1n) is 9.13. The number of aromatic amines is 1. The maximum atomic E-state index is 6.03. The molecule has 0 amide bonds. The van der Waals surface area contributed by atoms with E-state index in [0.29, 0.717) is 12.0 Å². The number of hydrogen-bond acceptors (Lipinski definition) is 3. The van der Waals surface area contributed by atoms with Gasteiger partial charge in [-0.2, -0.15) is 0 Å². The van der Waals surface area contributed by atoms with Gasteiger partial charge in [0.2, 0.25) is 0 Å². The van der Waals surface area contributed by atoms with E-state index in [-0.39, 0.29) is 0 Å². The van der Waals surface area contributed by atoms with Gasteiger partial charge in [0.05, 0.1) is 13.7 Å². The Labute approximate surface area is 149 Å². The summed E-state index contributed by atoms with van der Waals surface area (Å²) in [6.45, 7) is 6.03. The number of likely N-dealkylation sites (tertiary alicyclic amines) is 1. The predicted octanol–water partition coefficient (Wildman–Crippen LogP) is 2.11. The van der Waals surface area contributed by atoms with Gasteiger partial charge >= 0.3 is 0 Å². The Morgan fingerprint density at radius 1 is 1.48 bits per heavy atom. The zero-order chi connectivity index (χ0) is 17.6. The number of hydrogen-bond donors (Lipinski definition) is 3. The van der Waals surface area contributed by atoms with E-state index in [1.165, 1.54) is 24.9 Å². The molecule has 0 spiro atoms. The van der Waals surface area contributed by atoms with Crippen molar-refractivity contribution < 1.29 is 4.74 Å². The van der Waals surface area contributed by atoms with Gasteiger partial charge in [0, 0.05) is 29.7 Å². The fourth-order valence-electron chi connectivity index (χ4n) is 3.69. The first-order chi connectivity index (χ1) is 12.2. The fourth-order valence-corrected chi connectivity index (χ4v) is 3.69. The molecule has 1 fully saturated rings. The van der Waals surface area contributed by atoms with Gasteiger partial charge in [-0.05, 0) is 50.0 Å². The number of methoxy groups -OCH3 is 1. The molecule has 0 bridgehead atoms. The van der Waals surface area contributed by atoms with Crippen LogP contribution < -0.4 is 15.8 Å². The van der Waals surface area contributed by atoms with E-state index >= 15 is 0 Å². The Kier molecular flexibility index (Phi) is 5.81. The third-order valence-electron chi connectivity index (χ3n) is 5.05. The molecule has 1 saturated heterocycles. The number of H-pyrrole nitrogens is 1. The van der Waals surface area contributed by atoms with Crippen molar-refractivity contribution in [3.8, 4) is 5.75 Å². The number of aromatic nitrogens is 1. The number of guanidine groups is 1. The molecule has 0 saturated carbocycles. The lowest BCUT2D eigenvalue weighted by Gasteiger charge is -2.20. The summed E-state index contributed by atoms with van der Waals surface area (Å²) in [6.07, 6.45) is 5.39. The molecule has 6 nitrogen and oxygen atoms in total. The van der Waals surface area contributed by atoms with Crippen LogP contribution in [0.15, 0.2) is 29.4 Å². The normalized spacial score (nSPS) is 18.8. The highest BCUT2D eigenvalue weighted by atomic mass is 16.5. The second kappa shape index (κ2) is 8.25. The number of nitrogens with zero attached hydrogens (tertiary/aromatic N) is 2. The number of aliphatic imine (C=N–C) groups is 1. The Balaban J connectivity index is 1.53. The summed E-state index contributed by atoms with van der Waals surface area (Å²) >= 11 is 0. The van der Waals surface area contributed by atoms with E-state index < -0.39 is 0 Å². The minimum atomic E-state index is 0.537. The summed E-state index contributed by atoms with van der Waals surface area (Å²) in [5.41, 5.74) is 8.35. The molecule has 4 N–H and O–H groups in total. The highest BCUT2D eigenvalue weighted by molar-refractivity contribution is 5.89. The zero-order valence-corrected chi connectivity index (χ0v) is 15.2. The second-order valence-corrected chi connectivity index (χ2v) is 6.52. The van der Waals surface area contributed by atoms with Gasteiger partial charge in [-0.15, -0.1) is 0 Å². The smallest absolute Gasteiger partial charge is 0.188 e. The number of ether oxygens (including phenoxy) is 1. The molecule has 1 aromatic carbocycles. The van der Waals surface area contributed by atoms with Crippen molar-refractivity contribution in [3.63, 3.8) is 0 Å². The van der Waals surface area contributed by atoms with Crippen LogP contribution in [0.25, 0.3) is 10.9 Å². The van der Waals surface area contributed by atoms with E-state index in [4.69, 9.17) is 10.5 Å². The molecule has 6 heteroatoms. The van der Waals surface area contributed by atoms with Crippen molar-refractivity contribution in [1.82, 2.24) is 15.2 Å². The summed E-state index contributed by atoms with van der Waals surface area (Å²) in [6, 6.07) is 6.59. The zero-order valence-electron chi connectivity index (χ0n) is 15.2. The second-order valence-electron chi connectivity index (χ2n) is 6.52. The highest BCUT2D eigenvalue weighted by Gasteiger charge is 2.22. The van der Waals surface area contributed by atoms with Crippen molar-refractivity contribution in [2.24, 2.45) is 10.7 Å². The van der Waals surface area contributed by atoms with E-state index in [1.54, 1.807) is 7.11 Å². The van der Waals surface area contributed by atoms with Crippen LogP contribution in [0, 0.1) is 0 Å². The van der Waals surface area contributed by atoms with Crippen molar-refractivity contribution in [3.05, 3.63) is 30.0 Å². The Bertz CT molecular complexity index is 724. The molecule has 2 aromatic rings. The lowest BCUT2D eigenvalue weighted by Crippen LogP contribution is -2.36. The van der Waals surface area contributed by atoms with Crippen molar-refractivity contribution in [2.75, 3.05) is 33.3 Å². The maximum absolute atomic E-state index is 6.03. The van der Waals surface area contributed by atoms with Crippen molar-refractivity contribution >= 4 is 16.9 Å². The minimum absolute atomic E-state index is 0.537. The monoisotopic (exact) mass is 343 g/mol. The molecule has 2 heterocycles. The molecular weight excluding hydrogens is 314 g/mol. The summed E-state index contributed by atoms with van der Waals surface area (Å²) in [5, 5.41) is 4.38. The van der Waals surface area contributed by atoms with E-state index in [2.05, 4.69) is 33.2 Å². The molecule has 1 unspecified atom stereocenters. The fraction of sp³-hybridized carbons (Fsp3) is 0.526. The van der Waals surface area contributed by atoms with Gasteiger partial charge in [0.1, 0.15) is 5.75 Å². The first kappa shape index (κ1) is 17.6. The van der Waals surface area contributed by atoms with Gasteiger partial charge in [0.15, 0.2) is 5.96 Å². The standard InChI is InChI=1S/C19H29N5O/c1-3-24-11-5-6-15(24)13-23-19(20)21-10-9-14-12-22-16-7-4-8-17(25-2)18(14)16/h4,7-8,12,15,22H,3,5-6,9-11,13H2,1-2H3,(H3,20,21,23). The number of likely N-dealkylation sites (N-methyl/N-ethyl adjacent to an activating group) is 1.